The van der Waals surface area contributed by atoms with Crippen molar-refractivity contribution < 1.29 is 18.3 Å². The molecule has 1 atom stereocenters. The van der Waals surface area contributed by atoms with Gasteiger partial charge < -0.3 is 14.6 Å². The van der Waals surface area contributed by atoms with Crippen LogP contribution in [0.15, 0.2) is 61.4 Å². The summed E-state index contributed by atoms with van der Waals surface area (Å²) in [7, 11) is 0. The van der Waals surface area contributed by atoms with Gasteiger partial charge in [-0.25, -0.2) is 15.0 Å². The predicted octanol–water partition coefficient (Wildman–Crippen LogP) is 5.88. The highest BCUT2D eigenvalue weighted by Gasteiger charge is 2.27. The lowest BCUT2D eigenvalue weighted by atomic mass is 10.0. The Morgan fingerprint density at radius 3 is 2.55 bits per heavy atom. The monoisotopic (exact) mass is 471 g/mol. The van der Waals surface area contributed by atoms with Crippen molar-refractivity contribution in [3.8, 4) is 16.9 Å². The Kier molecular flexibility index (Phi) is 6.24. The summed E-state index contributed by atoms with van der Waals surface area (Å²) in [5.41, 5.74) is 0.0588. The van der Waals surface area contributed by atoms with Crippen molar-refractivity contribution in [2.24, 2.45) is 0 Å². The first-order valence-corrected chi connectivity index (χ1v) is 10.6. The number of imidazole rings is 1. The molecule has 0 saturated heterocycles. The molecule has 4 rings (SSSR count). The van der Waals surface area contributed by atoms with Crippen molar-refractivity contribution in [1.82, 2.24) is 19.5 Å². The van der Waals surface area contributed by atoms with Crippen molar-refractivity contribution in [3.05, 3.63) is 67.0 Å². The van der Waals surface area contributed by atoms with Crippen LogP contribution in [0.5, 0.6) is 5.75 Å². The summed E-state index contributed by atoms with van der Waals surface area (Å²) in [5, 5.41) is 2.75. The summed E-state index contributed by atoms with van der Waals surface area (Å²) >= 11 is 4.77. The number of nitrogens with one attached hydrogen (secondary N) is 1. The van der Waals surface area contributed by atoms with E-state index in [1.807, 2.05) is 0 Å². The maximum Gasteiger partial charge on any atom is 0.487 e. The number of halogens is 3. The molecular weight excluding hydrogens is 452 g/mol. The first-order chi connectivity index (χ1) is 15.7. The Morgan fingerprint density at radius 2 is 1.91 bits per heavy atom. The van der Waals surface area contributed by atoms with E-state index in [1.54, 1.807) is 30.9 Å². The van der Waals surface area contributed by atoms with Gasteiger partial charge in [0, 0.05) is 52.4 Å². The minimum Gasteiger partial charge on any atom is -0.420 e. The molecule has 0 aliphatic rings. The summed E-state index contributed by atoms with van der Waals surface area (Å²) in [6, 6.07) is 9.14. The van der Waals surface area contributed by atoms with Gasteiger partial charge in [0.2, 0.25) is 0 Å². The largest absolute Gasteiger partial charge is 0.487 e. The second kappa shape index (κ2) is 9.11. The van der Waals surface area contributed by atoms with Gasteiger partial charge in [0.25, 0.3) is 5.91 Å². The van der Waals surface area contributed by atoms with Crippen molar-refractivity contribution in [1.29, 1.82) is 0 Å². The number of carbonyl (C=O) groups is 1. The minimum atomic E-state index is -3.81. The number of aromatic nitrogens is 4. The van der Waals surface area contributed by atoms with Crippen LogP contribution in [0.2, 0.25) is 0 Å². The van der Waals surface area contributed by atoms with Gasteiger partial charge in [-0.3, -0.25) is 4.79 Å². The van der Waals surface area contributed by atoms with Gasteiger partial charge in [-0.2, -0.15) is 0 Å². The number of fused-ring (bicyclic) bond motifs is 1. The fraction of sp³-hybridized carbons (Fsp3) is 0.217. The number of amides is 1. The van der Waals surface area contributed by atoms with E-state index in [1.165, 1.54) is 30.6 Å². The zero-order valence-electron chi connectivity index (χ0n) is 17.8. The van der Waals surface area contributed by atoms with Gasteiger partial charge in [0.05, 0.1) is 17.4 Å². The summed E-state index contributed by atoms with van der Waals surface area (Å²) < 4.78 is 31.9. The molecule has 0 spiro atoms. The standard InChI is InChI=1S/C23H20ClF2N5O2/c1-3-14(2)31-13-29-20-9-15(8-19(21(20)31)16-10-27-12-28-11-16)22(32)30-17-4-6-18(7-5-17)33-23(24,25)26/h4-14H,3H2,1-2H3,(H,30,32)/t14-/m0/s1. The SMILES string of the molecule is CC[C@H](C)n1cnc2cc(C(=O)Nc3ccc(OC(F)(F)Cl)cc3)cc(-c3cncnc3)c21. The van der Waals surface area contributed by atoms with Gasteiger partial charge >= 0.3 is 5.57 Å². The highest BCUT2D eigenvalue weighted by atomic mass is 35.5. The Hall–Kier alpha value is -3.59. The molecule has 2 aromatic heterocycles. The van der Waals surface area contributed by atoms with E-state index in [9.17, 15) is 13.6 Å². The summed E-state index contributed by atoms with van der Waals surface area (Å²) in [4.78, 5) is 25.7. The molecule has 0 aliphatic carbocycles. The van der Waals surface area contributed by atoms with Crippen LogP contribution in [0.25, 0.3) is 22.2 Å². The molecule has 4 aromatic rings. The second-order valence-electron chi connectivity index (χ2n) is 7.45. The quantitative estimate of drug-likeness (QED) is 0.340. The third-order valence-electron chi connectivity index (χ3n) is 5.21. The van der Waals surface area contributed by atoms with E-state index in [0.717, 1.165) is 23.1 Å². The predicted molar refractivity (Wildman–Crippen MR) is 122 cm³/mol. The van der Waals surface area contributed by atoms with Crippen molar-refractivity contribution in [3.63, 3.8) is 0 Å². The van der Waals surface area contributed by atoms with Crippen molar-refractivity contribution in [2.45, 2.75) is 31.9 Å². The molecule has 7 nitrogen and oxygen atoms in total. The molecule has 0 bridgehead atoms. The van der Waals surface area contributed by atoms with E-state index in [4.69, 9.17) is 11.6 Å². The molecule has 0 fully saturated rings. The van der Waals surface area contributed by atoms with Crippen LogP contribution in [0.3, 0.4) is 0 Å². The number of alkyl halides is 3. The third-order valence-corrected chi connectivity index (χ3v) is 5.29. The number of rotatable bonds is 7. The van der Waals surface area contributed by atoms with Crippen LogP contribution < -0.4 is 10.1 Å². The lowest BCUT2D eigenvalue weighted by molar-refractivity contribution is -0.0964. The number of ether oxygens (including phenoxy) is 1. The summed E-state index contributed by atoms with van der Waals surface area (Å²) in [6.07, 6.45) is 7.48. The number of hydrogen-bond donors (Lipinski definition) is 1. The van der Waals surface area contributed by atoms with Gasteiger partial charge in [-0.05, 0) is 49.7 Å². The first kappa shape index (κ1) is 22.6. The van der Waals surface area contributed by atoms with Gasteiger partial charge in [-0.15, -0.1) is 8.78 Å². The molecule has 33 heavy (non-hydrogen) atoms. The molecule has 2 heterocycles. The highest BCUT2D eigenvalue weighted by molar-refractivity contribution is 6.20. The van der Waals surface area contributed by atoms with Crippen LogP contribution in [0.4, 0.5) is 14.5 Å². The zero-order valence-corrected chi connectivity index (χ0v) is 18.6. The Balaban J connectivity index is 1.69. The topological polar surface area (TPSA) is 81.9 Å². The average Bonchev–Trinajstić information content (AvgIpc) is 3.23. The van der Waals surface area contributed by atoms with E-state index >= 15 is 0 Å². The molecule has 10 heteroatoms. The number of anilines is 1. The minimum absolute atomic E-state index is 0.128. The molecule has 0 saturated carbocycles. The van der Waals surface area contributed by atoms with E-state index in [-0.39, 0.29) is 17.7 Å². The fourth-order valence-electron chi connectivity index (χ4n) is 3.43. The Labute approximate surface area is 193 Å². The van der Waals surface area contributed by atoms with Crippen LogP contribution in [0, 0.1) is 0 Å². The smallest absolute Gasteiger partial charge is 0.420 e. The van der Waals surface area contributed by atoms with Gasteiger partial charge in [0.1, 0.15) is 12.1 Å². The average molecular weight is 472 g/mol. The van der Waals surface area contributed by atoms with Crippen LogP contribution in [-0.2, 0) is 0 Å². The van der Waals surface area contributed by atoms with Crippen LogP contribution >= 0.6 is 11.6 Å². The first-order valence-electron chi connectivity index (χ1n) is 10.2. The maximum absolute atomic E-state index is 13.0. The number of hydrogen-bond acceptors (Lipinski definition) is 5. The molecule has 0 unspecified atom stereocenters. The Bertz CT molecular complexity index is 1270. The van der Waals surface area contributed by atoms with Gasteiger partial charge in [-0.1, -0.05) is 6.92 Å². The van der Waals surface area contributed by atoms with E-state index < -0.39 is 5.57 Å². The van der Waals surface area contributed by atoms with Crippen LogP contribution in [-0.4, -0.2) is 31.0 Å². The second-order valence-corrected chi connectivity index (χ2v) is 7.89. The number of nitrogens with zero attached hydrogens (tertiary/aromatic N) is 4. The number of benzene rings is 2. The molecule has 0 radical (unpaired) electrons. The highest BCUT2D eigenvalue weighted by Crippen LogP contribution is 2.32. The fourth-order valence-corrected chi connectivity index (χ4v) is 3.52. The third kappa shape index (κ3) is 5.09. The molecule has 170 valence electrons. The molecular formula is C23H20ClF2N5O2. The lowest BCUT2D eigenvalue weighted by Gasteiger charge is -2.15. The molecule has 2 aromatic carbocycles. The van der Waals surface area contributed by atoms with E-state index in [2.05, 4.69) is 43.4 Å². The maximum atomic E-state index is 13.0. The lowest BCUT2D eigenvalue weighted by Crippen LogP contribution is -2.16. The zero-order chi connectivity index (χ0) is 23.6. The van der Waals surface area contributed by atoms with Crippen molar-refractivity contribution in [2.75, 3.05) is 5.32 Å². The van der Waals surface area contributed by atoms with Gasteiger partial charge in [0.15, 0.2) is 0 Å². The van der Waals surface area contributed by atoms with Crippen molar-refractivity contribution >= 4 is 34.2 Å². The normalized spacial score (nSPS) is 12.5. The molecule has 1 N–H and O–H groups in total. The Morgan fingerprint density at radius 1 is 1.21 bits per heavy atom. The molecule has 1 amide bonds. The summed E-state index contributed by atoms with van der Waals surface area (Å²) in [5.74, 6) is -0.513. The van der Waals surface area contributed by atoms with Crippen LogP contribution in [0.1, 0.15) is 36.7 Å². The van der Waals surface area contributed by atoms with E-state index in [0.29, 0.717) is 16.8 Å². The molecule has 0 aliphatic heterocycles. The number of carbonyl (C=O) groups excluding carboxylic acids is 1. The summed E-state index contributed by atoms with van der Waals surface area (Å²) in [6.45, 7) is 4.19.